The van der Waals surface area contributed by atoms with Crippen molar-refractivity contribution in [1.29, 1.82) is 0 Å². The molecule has 0 saturated heterocycles. The second kappa shape index (κ2) is 6.38. The van der Waals surface area contributed by atoms with E-state index in [2.05, 4.69) is 5.32 Å². The molecule has 1 N–H and O–H groups in total. The van der Waals surface area contributed by atoms with Crippen LogP contribution in [0.15, 0.2) is 24.3 Å². The molecule has 5 nitrogen and oxygen atoms in total. The van der Waals surface area contributed by atoms with E-state index in [1.54, 1.807) is 18.7 Å². The Balaban J connectivity index is 2.03. The Hall–Kier alpha value is -2.04. The number of fused-ring (bicyclic) bond motifs is 1. The van der Waals surface area contributed by atoms with E-state index in [1.807, 2.05) is 38.1 Å². The summed E-state index contributed by atoms with van der Waals surface area (Å²) < 4.78 is 5.18. The van der Waals surface area contributed by atoms with E-state index in [4.69, 9.17) is 4.74 Å². The minimum Gasteiger partial charge on any atom is -0.465 e. The van der Waals surface area contributed by atoms with Gasteiger partial charge in [-0.1, -0.05) is 26.0 Å². The van der Waals surface area contributed by atoms with Crippen LogP contribution in [0.5, 0.6) is 0 Å². The van der Waals surface area contributed by atoms with Crippen LogP contribution in [0, 0.1) is 5.92 Å². The molecular formula is C17H24N2O3. The molecule has 2 rings (SSSR count). The number of para-hydroxylation sites is 2. The van der Waals surface area contributed by atoms with E-state index in [9.17, 15) is 9.59 Å². The molecule has 0 bridgehead atoms. The van der Waals surface area contributed by atoms with Gasteiger partial charge in [-0.15, -0.1) is 0 Å². The van der Waals surface area contributed by atoms with E-state index in [0.29, 0.717) is 19.6 Å². The highest BCUT2D eigenvalue weighted by Crippen LogP contribution is 2.34. The zero-order valence-corrected chi connectivity index (χ0v) is 13.7. The first-order chi connectivity index (χ1) is 10.3. The maximum Gasteiger partial charge on any atom is 0.308 e. The van der Waals surface area contributed by atoms with Gasteiger partial charge in [-0.05, 0) is 32.4 Å². The van der Waals surface area contributed by atoms with E-state index < -0.39 is 5.54 Å². The fourth-order valence-corrected chi connectivity index (χ4v) is 2.44. The highest BCUT2D eigenvalue weighted by molar-refractivity contribution is 6.07. The predicted octanol–water partition coefficient (Wildman–Crippen LogP) is 2.81. The average Bonchev–Trinajstić information content (AvgIpc) is 2.46. The number of nitrogens with zero attached hydrogens (tertiary/aromatic N) is 1. The van der Waals surface area contributed by atoms with Crippen molar-refractivity contribution in [2.24, 2.45) is 5.92 Å². The highest BCUT2D eigenvalue weighted by atomic mass is 16.5. The molecule has 0 radical (unpaired) electrons. The summed E-state index contributed by atoms with van der Waals surface area (Å²) in [6.45, 7) is 8.22. The fourth-order valence-electron chi connectivity index (χ4n) is 2.44. The number of carbonyl (C=O) groups is 2. The summed E-state index contributed by atoms with van der Waals surface area (Å²) in [6, 6.07) is 7.75. The molecule has 0 fully saturated rings. The Bertz CT molecular complexity index is 567. The molecule has 0 saturated carbocycles. The Kier molecular flexibility index (Phi) is 4.74. The van der Waals surface area contributed by atoms with Crippen molar-refractivity contribution in [3.8, 4) is 0 Å². The van der Waals surface area contributed by atoms with Crippen LogP contribution in [0.2, 0.25) is 0 Å². The lowest BCUT2D eigenvalue weighted by Crippen LogP contribution is -2.54. The number of esters is 1. The van der Waals surface area contributed by atoms with Crippen LogP contribution < -0.4 is 10.2 Å². The van der Waals surface area contributed by atoms with Gasteiger partial charge in [-0.3, -0.25) is 9.59 Å². The molecule has 1 aliphatic heterocycles. The summed E-state index contributed by atoms with van der Waals surface area (Å²) in [5.74, 6) is -0.297. The third kappa shape index (κ3) is 3.40. The van der Waals surface area contributed by atoms with Gasteiger partial charge in [0.15, 0.2) is 0 Å². The zero-order chi connectivity index (χ0) is 16.3. The van der Waals surface area contributed by atoms with Crippen LogP contribution in [0.1, 0.15) is 34.1 Å². The van der Waals surface area contributed by atoms with Crippen LogP contribution in [-0.4, -0.2) is 30.6 Å². The van der Waals surface area contributed by atoms with E-state index in [1.165, 1.54) is 0 Å². The van der Waals surface area contributed by atoms with Crippen molar-refractivity contribution < 1.29 is 14.3 Å². The largest absolute Gasteiger partial charge is 0.465 e. The van der Waals surface area contributed by atoms with E-state index in [0.717, 1.165) is 11.4 Å². The number of hydrogen-bond acceptors (Lipinski definition) is 4. The molecule has 0 spiro atoms. The van der Waals surface area contributed by atoms with Crippen molar-refractivity contribution in [2.75, 3.05) is 23.4 Å². The molecule has 1 aromatic rings. The Morgan fingerprint density at radius 3 is 2.68 bits per heavy atom. The molecule has 5 heteroatoms. The number of rotatable bonds is 5. The van der Waals surface area contributed by atoms with Crippen LogP contribution in [0.3, 0.4) is 0 Å². The van der Waals surface area contributed by atoms with Gasteiger partial charge in [0, 0.05) is 6.54 Å². The lowest BCUT2D eigenvalue weighted by atomic mass is 9.98. The molecule has 22 heavy (non-hydrogen) atoms. The normalized spacial score (nSPS) is 16.2. The first-order valence-electron chi connectivity index (χ1n) is 7.69. The van der Waals surface area contributed by atoms with Crippen molar-refractivity contribution in [1.82, 2.24) is 0 Å². The SMILES string of the molecule is CC(C)C(=O)OCCCN1C(=O)C(C)(C)Nc2ccccc21. The van der Waals surface area contributed by atoms with Gasteiger partial charge in [0.25, 0.3) is 5.91 Å². The average molecular weight is 304 g/mol. The van der Waals surface area contributed by atoms with Gasteiger partial charge in [0.1, 0.15) is 5.54 Å². The molecule has 1 amide bonds. The second-order valence-electron chi connectivity index (χ2n) is 6.40. The van der Waals surface area contributed by atoms with Gasteiger partial charge in [0.2, 0.25) is 0 Å². The first kappa shape index (κ1) is 16.3. The fraction of sp³-hybridized carbons (Fsp3) is 0.529. The maximum absolute atomic E-state index is 12.6. The summed E-state index contributed by atoms with van der Waals surface area (Å²) in [4.78, 5) is 25.8. The van der Waals surface area contributed by atoms with Crippen molar-refractivity contribution in [3.63, 3.8) is 0 Å². The molecule has 1 aromatic carbocycles. The van der Waals surface area contributed by atoms with Crippen LogP contribution in [0.4, 0.5) is 11.4 Å². The van der Waals surface area contributed by atoms with E-state index >= 15 is 0 Å². The summed E-state index contributed by atoms with van der Waals surface area (Å²) in [5.41, 5.74) is 1.19. The van der Waals surface area contributed by atoms with Crippen LogP contribution in [-0.2, 0) is 14.3 Å². The summed E-state index contributed by atoms with van der Waals surface area (Å²) in [5, 5.41) is 3.26. The summed E-state index contributed by atoms with van der Waals surface area (Å²) in [6.07, 6.45) is 0.620. The summed E-state index contributed by atoms with van der Waals surface area (Å²) in [7, 11) is 0. The number of amides is 1. The van der Waals surface area contributed by atoms with Crippen molar-refractivity contribution in [3.05, 3.63) is 24.3 Å². The number of carbonyl (C=O) groups excluding carboxylic acids is 2. The number of anilines is 2. The van der Waals surface area contributed by atoms with Gasteiger partial charge < -0.3 is 15.0 Å². The second-order valence-corrected chi connectivity index (χ2v) is 6.40. The molecule has 0 aromatic heterocycles. The Labute approximate surface area is 131 Å². The topological polar surface area (TPSA) is 58.6 Å². The van der Waals surface area contributed by atoms with Gasteiger partial charge in [-0.2, -0.15) is 0 Å². The molecule has 1 aliphatic rings. The number of ether oxygens (including phenoxy) is 1. The van der Waals surface area contributed by atoms with Crippen molar-refractivity contribution in [2.45, 2.75) is 39.7 Å². The molecule has 0 aliphatic carbocycles. The predicted molar refractivity (Wildman–Crippen MR) is 86.9 cm³/mol. The maximum atomic E-state index is 12.6. The monoisotopic (exact) mass is 304 g/mol. The molecule has 1 heterocycles. The third-order valence-corrected chi connectivity index (χ3v) is 3.66. The van der Waals surface area contributed by atoms with Gasteiger partial charge >= 0.3 is 5.97 Å². The number of nitrogens with one attached hydrogen (secondary N) is 1. The van der Waals surface area contributed by atoms with Gasteiger partial charge in [0.05, 0.1) is 23.9 Å². The molecule has 0 unspecified atom stereocenters. The van der Waals surface area contributed by atoms with Crippen LogP contribution >= 0.6 is 0 Å². The highest BCUT2D eigenvalue weighted by Gasteiger charge is 2.38. The number of benzene rings is 1. The van der Waals surface area contributed by atoms with E-state index in [-0.39, 0.29) is 17.8 Å². The molecule has 120 valence electrons. The smallest absolute Gasteiger partial charge is 0.308 e. The third-order valence-electron chi connectivity index (χ3n) is 3.66. The van der Waals surface area contributed by atoms with Crippen molar-refractivity contribution >= 4 is 23.3 Å². The lowest BCUT2D eigenvalue weighted by molar-refractivity contribution is -0.147. The Morgan fingerprint density at radius 2 is 2.00 bits per heavy atom. The minimum absolute atomic E-state index is 0.0291. The van der Waals surface area contributed by atoms with Crippen LogP contribution in [0.25, 0.3) is 0 Å². The first-order valence-corrected chi connectivity index (χ1v) is 7.69. The lowest BCUT2D eigenvalue weighted by Gasteiger charge is -2.40. The quantitative estimate of drug-likeness (QED) is 0.671. The summed E-state index contributed by atoms with van der Waals surface area (Å²) >= 11 is 0. The Morgan fingerprint density at radius 1 is 1.32 bits per heavy atom. The number of hydrogen-bond donors (Lipinski definition) is 1. The van der Waals surface area contributed by atoms with Gasteiger partial charge in [-0.25, -0.2) is 0 Å². The molecule has 0 atom stereocenters. The standard InChI is InChI=1S/C17H24N2O3/c1-12(2)15(20)22-11-7-10-19-14-9-6-5-8-13(14)18-17(3,4)16(19)21/h5-6,8-9,12,18H,7,10-11H2,1-4H3. The molecular weight excluding hydrogens is 280 g/mol. The zero-order valence-electron chi connectivity index (χ0n) is 13.7. The minimum atomic E-state index is -0.636.